The Labute approximate surface area is 132 Å². The molecule has 0 aliphatic carbocycles. The molecule has 3 aromatic rings. The van der Waals surface area contributed by atoms with Gasteiger partial charge in [-0.3, -0.25) is 4.79 Å². The van der Waals surface area contributed by atoms with Gasteiger partial charge in [0.2, 0.25) is 0 Å². The Morgan fingerprint density at radius 3 is 2.83 bits per heavy atom. The molecule has 23 heavy (non-hydrogen) atoms. The quantitative estimate of drug-likeness (QED) is 0.758. The molecule has 1 aromatic heterocycles. The zero-order valence-corrected chi connectivity index (χ0v) is 12.4. The van der Waals surface area contributed by atoms with Crippen LogP contribution in [0.4, 0.5) is 11.5 Å². The largest absolute Gasteiger partial charge is 0.504 e. The van der Waals surface area contributed by atoms with E-state index in [1.165, 1.54) is 0 Å². The summed E-state index contributed by atoms with van der Waals surface area (Å²) in [6.07, 6.45) is 2.66. The highest BCUT2D eigenvalue weighted by Gasteiger charge is 2.18. The molecule has 0 saturated heterocycles. The molecule has 1 aliphatic rings. The second-order valence-electron chi connectivity index (χ2n) is 5.48. The number of carbonyl (C=O) groups is 1. The number of nitrogens with one attached hydrogen (secondary N) is 1. The van der Waals surface area contributed by atoms with Crippen molar-refractivity contribution in [2.75, 3.05) is 5.32 Å². The molecular formula is C18H15N3O2. The van der Waals surface area contributed by atoms with Crippen molar-refractivity contribution in [3.05, 3.63) is 54.1 Å². The van der Waals surface area contributed by atoms with Crippen molar-refractivity contribution in [3.8, 4) is 5.75 Å². The standard InChI is InChI=1S/C18H15N3O2/c22-16-14-11-13(20-18(23)12-5-2-1-3-6-12)7-8-15(14)21-10-4-9-19-17(16)21/h1-3,5-9,11,22H,4,10H2,(H,20,23). The summed E-state index contributed by atoms with van der Waals surface area (Å²) in [5.41, 5.74) is 2.17. The molecule has 0 spiro atoms. The van der Waals surface area contributed by atoms with Crippen molar-refractivity contribution in [1.82, 2.24) is 4.57 Å². The van der Waals surface area contributed by atoms with Gasteiger partial charge in [-0.05, 0) is 30.3 Å². The molecule has 5 nitrogen and oxygen atoms in total. The fourth-order valence-electron chi connectivity index (χ4n) is 2.89. The molecule has 0 fully saturated rings. The average Bonchev–Trinajstić information content (AvgIpc) is 2.89. The lowest BCUT2D eigenvalue weighted by atomic mass is 10.2. The van der Waals surface area contributed by atoms with Crippen LogP contribution in [-0.4, -0.2) is 21.8 Å². The van der Waals surface area contributed by atoms with E-state index in [2.05, 4.69) is 10.3 Å². The van der Waals surface area contributed by atoms with E-state index >= 15 is 0 Å². The van der Waals surface area contributed by atoms with Crippen LogP contribution in [0.3, 0.4) is 0 Å². The summed E-state index contributed by atoms with van der Waals surface area (Å²) in [6, 6.07) is 14.6. The van der Waals surface area contributed by atoms with Crippen LogP contribution in [0.25, 0.3) is 10.9 Å². The van der Waals surface area contributed by atoms with E-state index in [9.17, 15) is 9.90 Å². The van der Waals surface area contributed by atoms with Crippen LogP contribution >= 0.6 is 0 Å². The Morgan fingerprint density at radius 1 is 1.17 bits per heavy atom. The second-order valence-corrected chi connectivity index (χ2v) is 5.48. The van der Waals surface area contributed by atoms with Crippen LogP contribution < -0.4 is 5.32 Å². The SMILES string of the molecule is O=C(Nc1ccc2c(c1)c(O)c1n2CCC=N1)c1ccccc1. The molecule has 0 bridgehead atoms. The Balaban J connectivity index is 1.71. The molecule has 2 N–H and O–H groups in total. The van der Waals surface area contributed by atoms with Gasteiger partial charge in [0.25, 0.3) is 5.91 Å². The third-order valence-corrected chi connectivity index (χ3v) is 4.00. The van der Waals surface area contributed by atoms with Crippen LogP contribution in [-0.2, 0) is 6.54 Å². The van der Waals surface area contributed by atoms with Crippen LogP contribution in [0, 0.1) is 0 Å². The monoisotopic (exact) mass is 305 g/mol. The number of aromatic hydroxyl groups is 1. The van der Waals surface area contributed by atoms with Crippen molar-refractivity contribution in [3.63, 3.8) is 0 Å². The molecule has 0 atom stereocenters. The van der Waals surface area contributed by atoms with Gasteiger partial charge in [-0.1, -0.05) is 18.2 Å². The van der Waals surface area contributed by atoms with Gasteiger partial charge in [0.05, 0.1) is 5.52 Å². The molecule has 5 heteroatoms. The Morgan fingerprint density at radius 2 is 2.00 bits per heavy atom. The average molecular weight is 305 g/mol. The maximum Gasteiger partial charge on any atom is 0.255 e. The summed E-state index contributed by atoms with van der Waals surface area (Å²) in [5, 5.41) is 13.9. The fraction of sp³-hybridized carbons (Fsp3) is 0.111. The van der Waals surface area contributed by atoms with E-state index in [1.807, 2.05) is 41.1 Å². The number of hydrogen-bond acceptors (Lipinski definition) is 3. The molecule has 4 rings (SSSR count). The highest BCUT2D eigenvalue weighted by Crippen LogP contribution is 2.40. The van der Waals surface area contributed by atoms with E-state index < -0.39 is 0 Å². The lowest BCUT2D eigenvalue weighted by molar-refractivity contribution is 0.102. The smallest absolute Gasteiger partial charge is 0.255 e. The van der Waals surface area contributed by atoms with E-state index in [1.54, 1.807) is 18.2 Å². The van der Waals surface area contributed by atoms with Gasteiger partial charge in [-0.2, -0.15) is 0 Å². The topological polar surface area (TPSA) is 66.6 Å². The highest BCUT2D eigenvalue weighted by atomic mass is 16.3. The molecular weight excluding hydrogens is 290 g/mol. The Hall–Kier alpha value is -3.08. The molecule has 1 amide bonds. The molecule has 0 saturated carbocycles. The van der Waals surface area contributed by atoms with E-state index in [-0.39, 0.29) is 11.7 Å². The second kappa shape index (κ2) is 5.28. The molecule has 2 aromatic carbocycles. The third-order valence-electron chi connectivity index (χ3n) is 4.00. The van der Waals surface area contributed by atoms with Crippen LogP contribution in [0.5, 0.6) is 5.75 Å². The van der Waals surface area contributed by atoms with Gasteiger partial charge in [0.1, 0.15) is 0 Å². The number of anilines is 1. The minimum Gasteiger partial charge on any atom is -0.504 e. The number of aryl methyl sites for hydroxylation is 1. The first-order valence-corrected chi connectivity index (χ1v) is 7.48. The minimum absolute atomic E-state index is 0.159. The highest BCUT2D eigenvalue weighted by molar-refractivity contribution is 6.06. The normalized spacial score (nSPS) is 13.0. The fourth-order valence-corrected chi connectivity index (χ4v) is 2.89. The predicted molar refractivity (Wildman–Crippen MR) is 90.8 cm³/mol. The summed E-state index contributed by atoms with van der Waals surface area (Å²) in [6.45, 7) is 0.797. The lowest BCUT2D eigenvalue weighted by Gasteiger charge is -2.10. The first-order valence-electron chi connectivity index (χ1n) is 7.48. The zero-order chi connectivity index (χ0) is 15.8. The van der Waals surface area contributed by atoms with Crippen LogP contribution in [0.1, 0.15) is 16.8 Å². The minimum atomic E-state index is -0.175. The first kappa shape index (κ1) is 13.6. The molecule has 114 valence electrons. The van der Waals surface area contributed by atoms with E-state index in [0.29, 0.717) is 22.5 Å². The first-order chi connectivity index (χ1) is 11.2. The maximum absolute atomic E-state index is 12.2. The lowest BCUT2D eigenvalue weighted by Crippen LogP contribution is -2.11. The van der Waals surface area contributed by atoms with Crippen molar-refractivity contribution in [1.29, 1.82) is 0 Å². The molecule has 1 aliphatic heterocycles. The maximum atomic E-state index is 12.2. The van der Waals surface area contributed by atoms with E-state index in [4.69, 9.17) is 0 Å². The summed E-state index contributed by atoms with van der Waals surface area (Å²) in [4.78, 5) is 16.5. The number of benzene rings is 2. The van der Waals surface area contributed by atoms with Gasteiger partial charge in [0, 0.05) is 35.8 Å². The Kier molecular flexibility index (Phi) is 3.12. The summed E-state index contributed by atoms with van der Waals surface area (Å²) in [5.74, 6) is 0.566. The molecule has 2 heterocycles. The number of fused-ring (bicyclic) bond motifs is 3. The number of amides is 1. The molecule has 0 unspecified atom stereocenters. The van der Waals surface area contributed by atoms with Crippen LogP contribution in [0.2, 0.25) is 0 Å². The van der Waals surface area contributed by atoms with Crippen LogP contribution in [0.15, 0.2) is 53.5 Å². The number of hydrogen-bond donors (Lipinski definition) is 2. The molecule has 0 radical (unpaired) electrons. The Bertz CT molecular complexity index is 926. The summed E-state index contributed by atoms with van der Waals surface area (Å²) < 4.78 is 1.99. The number of rotatable bonds is 2. The van der Waals surface area contributed by atoms with Crippen molar-refractivity contribution < 1.29 is 9.90 Å². The van der Waals surface area contributed by atoms with Crippen molar-refractivity contribution >= 4 is 34.5 Å². The third kappa shape index (κ3) is 2.26. The van der Waals surface area contributed by atoms with Gasteiger partial charge in [-0.25, -0.2) is 4.99 Å². The summed E-state index contributed by atoms with van der Waals surface area (Å²) in [7, 11) is 0. The van der Waals surface area contributed by atoms with E-state index in [0.717, 1.165) is 18.5 Å². The number of aliphatic imine (C=N–C) groups is 1. The van der Waals surface area contributed by atoms with Crippen molar-refractivity contribution in [2.45, 2.75) is 13.0 Å². The number of nitrogens with zero attached hydrogens (tertiary/aromatic N) is 2. The number of aromatic nitrogens is 1. The van der Waals surface area contributed by atoms with Gasteiger partial charge < -0.3 is 15.0 Å². The van der Waals surface area contributed by atoms with Crippen molar-refractivity contribution in [2.24, 2.45) is 4.99 Å². The summed E-state index contributed by atoms with van der Waals surface area (Å²) >= 11 is 0. The predicted octanol–water partition coefficient (Wildman–Crippen LogP) is 3.71. The van der Waals surface area contributed by atoms with Gasteiger partial charge in [-0.15, -0.1) is 0 Å². The van der Waals surface area contributed by atoms with Gasteiger partial charge >= 0.3 is 0 Å². The zero-order valence-electron chi connectivity index (χ0n) is 12.4. The van der Waals surface area contributed by atoms with Gasteiger partial charge in [0.15, 0.2) is 11.6 Å². The number of carbonyl (C=O) groups excluding carboxylic acids is 1.